The maximum absolute atomic E-state index is 6.00. The largest absolute Gasteiger partial charge is 0.437 e. The molecule has 0 aliphatic rings. The maximum Gasteiger partial charge on any atom is 0.219 e. The molecule has 88 valence electrons. The van der Waals surface area contributed by atoms with Crippen molar-refractivity contribution in [2.75, 3.05) is 0 Å². The summed E-state index contributed by atoms with van der Waals surface area (Å²) in [5.41, 5.74) is 0.927. The van der Waals surface area contributed by atoms with Gasteiger partial charge in [-0.1, -0.05) is 35.3 Å². The van der Waals surface area contributed by atoms with Gasteiger partial charge in [-0.3, -0.25) is 0 Å². The molecule has 1 aromatic heterocycles. The van der Waals surface area contributed by atoms with Crippen LogP contribution in [0, 0.1) is 0 Å². The number of nitrogens with zero attached hydrogens (tertiary/aromatic N) is 1. The Bertz CT molecular complexity index is 514. The molecule has 0 atom stereocenters. The second-order valence-electron chi connectivity index (χ2n) is 3.29. The molecule has 0 bridgehead atoms. The van der Waals surface area contributed by atoms with Crippen molar-refractivity contribution < 1.29 is 4.74 Å². The number of aromatic nitrogens is 1. The van der Waals surface area contributed by atoms with E-state index < -0.39 is 0 Å². The van der Waals surface area contributed by atoms with Crippen LogP contribution in [-0.4, -0.2) is 4.98 Å². The minimum atomic E-state index is 0.373. The highest BCUT2D eigenvalue weighted by atomic mass is 35.5. The number of pyridine rings is 1. The Morgan fingerprint density at radius 2 is 1.94 bits per heavy atom. The molecule has 2 rings (SSSR count). The Kier molecular flexibility index (Phi) is 4.11. The zero-order valence-corrected chi connectivity index (χ0v) is 10.9. The fourth-order valence-electron chi connectivity index (χ4n) is 1.23. The van der Waals surface area contributed by atoms with Gasteiger partial charge in [-0.15, -0.1) is 11.6 Å². The van der Waals surface area contributed by atoms with Crippen LogP contribution >= 0.6 is 34.8 Å². The molecule has 0 unspecified atom stereocenters. The lowest BCUT2D eigenvalue weighted by Crippen LogP contribution is -1.89. The van der Waals surface area contributed by atoms with Crippen LogP contribution in [0.15, 0.2) is 36.5 Å². The molecular weight excluding hydrogens is 280 g/mol. The molecule has 5 heteroatoms. The summed E-state index contributed by atoms with van der Waals surface area (Å²) in [5.74, 6) is 1.35. The van der Waals surface area contributed by atoms with Gasteiger partial charge >= 0.3 is 0 Å². The Morgan fingerprint density at radius 1 is 1.12 bits per heavy atom. The van der Waals surface area contributed by atoms with Crippen LogP contribution in [0.4, 0.5) is 0 Å². The average molecular weight is 289 g/mol. The van der Waals surface area contributed by atoms with Crippen molar-refractivity contribution in [1.82, 2.24) is 4.98 Å². The third-order valence-corrected chi connectivity index (χ3v) is 3.19. The molecule has 0 N–H and O–H groups in total. The summed E-state index contributed by atoms with van der Waals surface area (Å²) in [6.45, 7) is 0. The van der Waals surface area contributed by atoms with Gasteiger partial charge in [-0.25, -0.2) is 4.98 Å². The highest BCUT2D eigenvalue weighted by Gasteiger charge is 2.07. The fourth-order valence-corrected chi connectivity index (χ4v) is 1.71. The van der Waals surface area contributed by atoms with Crippen LogP contribution in [0.1, 0.15) is 5.56 Å². The monoisotopic (exact) mass is 287 g/mol. The number of hydrogen-bond acceptors (Lipinski definition) is 2. The summed E-state index contributed by atoms with van der Waals surface area (Å²) in [7, 11) is 0. The van der Waals surface area contributed by atoms with E-state index in [4.69, 9.17) is 39.5 Å². The molecule has 0 aliphatic heterocycles. The average Bonchev–Trinajstić information content (AvgIpc) is 2.36. The molecule has 0 amide bonds. The van der Waals surface area contributed by atoms with Gasteiger partial charge in [0, 0.05) is 18.1 Å². The van der Waals surface area contributed by atoms with Gasteiger partial charge in [0.1, 0.15) is 10.8 Å². The van der Waals surface area contributed by atoms with Crippen molar-refractivity contribution >= 4 is 34.8 Å². The van der Waals surface area contributed by atoms with Crippen LogP contribution in [0.25, 0.3) is 0 Å². The van der Waals surface area contributed by atoms with Gasteiger partial charge in [-0.05, 0) is 17.7 Å². The maximum atomic E-state index is 6.00. The molecule has 0 radical (unpaired) electrons. The summed E-state index contributed by atoms with van der Waals surface area (Å²) < 4.78 is 5.52. The summed E-state index contributed by atoms with van der Waals surface area (Å²) in [4.78, 5) is 4.11. The van der Waals surface area contributed by atoms with Crippen LogP contribution in [0.5, 0.6) is 11.6 Å². The predicted octanol–water partition coefficient (Wildman–Crippen LogP) is 4.92. The molecule has 0 saturated heterocycles. The first-order chi connectivity index (χ1) is 8.20. The van der Waals surface area contributed by atoms with E-state index in [-0.39, 0.29) is 0 Å². The lowest BCUT2D eigenvalue weighted by Gasteiger charge is -2.07. The van der Waals surface area contributed by atoms with E-state index in [9.17, 15) is 0 Å². The molecule has 1 heterocycles. The Labute approximate surface area is 114 Å². The number of hydrogen-bond donors (Lipinski definition) is 0. The Hall–Kier alpha value is -0.960. The van der Waals surface area contributed by atoms with Gasteiger partial charge in [0.15, 0.2) is 0 Å². The van der Waals surface area contributed by atoms with Crippen LogP contribution in [0.2, 0.25) is 10.0 Å². The minimum absolute atomic E-state index is 0.373. The smallest absolute Gasteiger partial charge is 0.219 e. The second kappa shape index (κ2) is 5.58. The van der Waals surface area contributed by atoms with Crippen molar-refractivity contribution in [3.05, 3.63) is 52.1 Å². The van der Waals surface area contributed by atoms with Crippen molar-refractivity contribution in [3.8, 4) is 11.6 Å². The Morgan fingerprint density at radius 3 is 2.59 bits per heavy atom. The molecule has 1 aromatic carbocycles. The second-order valence-corrected chi connectivity index (χ2v) is 4.34. The molecule has 0 spiro atoms. The predicted molar refractivity (Wildman–Crippen MR) is 70.3 cm³/mol. The summed E-state index contributed by atoms with van der Waals surface area (Å²) in [5, 5.41) is 0.818. The topological polar surface area (TPSA) is 22.1 Å². The Balaban J connectivity index is 2.22. The minimum Gasteiger partial charge on any atom is -0.437 e. The van der Waals surface area contributed by atoms with Crippen molar-refractivity contribution in [2.24, 2.45) is 0 Å². The van der Waals surface area contributed by atoms with Gasteiger partial charge in [-0.2, -0.15) is 0 Å². The first-order valence-electron chi connectivity index (χ1n) is 4.83. The van der Waals surface area contributed by atoms with E-state index in [2.05, 4.69) is 4.98 Å². The van der Waals surface area contributed by atoms with E-state index in [0.717, 1.165) is 5.56 Å². The standard InChI is InChI=1S/C12H8Cl3NO/c13-6-8-4-5-11(16-7-8)17-10-3-1-2-9(14)12(10)15/h1-5,7H,6H2. The summed E-state index contributed by atoms with van der Waals surface area (Å²) in [6.07, 6.45) is 1.65. The molecule has 0 saturated carbocycles. The molecule has 0 aliphatic carbocycles. The fraction of sp³-hybridized carbons (Fsp3) is 0.0833. The number of alkyl halides is 1. The van der Waals surface area contributed by atoms with Crippen LogP contribution in [0.3, 0.4) is 0 Å². The lowest BCUT2D eigenvalue weighted by molar-refractivity contribution is 0.463. The van der Waals surface area contributed by atoms with Crippen molar-refractivity contribution in [1.29, 1.82) is 0 Å². The number of benzene rings is 1. The van der Waals surface area contributed by atoms with Crippen molar-refractivity contribution in [2.45, 2.75) is 5.88 Å². The zero-order valence-electron chi connectivity index (χ0n) is 8.66. The summed E-state index contributed by atoms with van der Waals surface area (Å²) in [6, 6.07) is 8.76. The third kappa shape index (κ3) is 3.03. The molecule has 2 nitrogen and oxygen atoms in total. The number of ether oxygens (including phenoxy) is 1. The quantitative estimate of drug-likeness (QED) is 0.748. The van der Waals surface area contributed by atoms with Gasteiger partial charge in [0.05, 0.1) is 5.02 Å². The van der Waals surface area contributed by atoms with Gasteiger partial charge < -0.3 is 4.74 Å². The highest BCUT2D eigenvalue weighted by Crippen LogP contribution is 2.33. The van der Waals surface area contributed by atoms with Gasteiger partial charge in [0.25, 0.3) is 0 Å². The van der Waals surface area contributed by atoms with Crippen LogP contribution in [-0.2, 0) is 5.88 Å². The molecule has 2 aromatic rings. The highest BCUT2D eigenvalue weighted by molar-refractivity contribution is 6.42. The number of halogens is 3. The van der Waals surface area contributed by atoms with E-state index in [1.165, 1.54) is 0 Å². The number of rotatable bonds is 3. The molecular formula is C12H8Cl3NO. The van der Waals surface area contributed by atoms with E-state index >= 15 is 0 Å². The first kappa shape index (κ1) is 12.5. The normalized spacial score (nSPS) is 10.3. The SMILES string of the molecule is ClCc1ccc(Oc2cccc(Cl)c2Cl)nc1. The van der Waals surface area contributed by atoms with Gasteiger partial charge in [0.2, 0.25) is 5.88 Å². The lowest BCUT2D eigenvalue weighted by atomic mass is 10.3. The molecule has 0 fully saturated rings. The van der Waals surface area contributed by atoms with Crippen LogP contribution < -0.4 is 4.74 Å². The van der Waals surface area contributed by atoms with E-state index in [1.807, 2.05) is 6.07 Å². The van der Waals surface area contributed by atoms with E-state index in [1.54, 1.807) is 30.5 Å². The van der Waals surface area contributed by atoms with E-state index in [0.29, 0.717) is 27.6 Å². The zero-order chi connectivity index (χ0) is 12.3. The summed E-state index contributed by atoms with van der Waals surface area (Å²) >= 11 is 17.5. The first-order valence-corrected chi connectivity index (χ1v) is 6.12. The van der Waals surface area contributed by atoms with Crippen molar-refractivity contribution in [3.63, 3.8) is 0 Å². The molecule has 17 heavy (non-hydrogen) atoms. The third-order valence-electron chi connectivity index (χ3n) is 2.08.